The van der Waals surface area contributed by atoms with Gasteiger partial charge in [0.1, 0.15) is 5.75 Å². The van der Waals surface area contributed by atoms with Crippen LogP contribution in [0.3, 0.4) is 0 Å². The van der Waals surface area contributed by atoms with Crippen molar-refractivity contribution in [2.24, 2.45) is 5.73 Å². The van der Waals surface area contributed by atoms with Crippen molar-refractivity contribution in [1.82, 2.24) is 10.2 Å². The van der Waals surface area contributed by atoms with Gasteiger partial charge in [0.15, 0.2) is 0 Å². The number of aromatic nitrogens is 2. The molecule has 0 aliphatic rings. The molecule has 0 unspecified atom stereocenters. The zero-order valence-corrected chi connectivity index (χ0v) is 9.97. The minimum atomic E-state index is 0.386. The maximum atomic E-state index is 5.68. The van der Waals surface area contributed by atoms with Crippen molar-refractivity contribution in [1.29, 1.82) is 0 Å². The molecule has 4 heteroatoms. The normalized spacial score (nSPS) is 10.3. The number of rotatable bonds is 3. The fraction of sp³-hybridized carbons (Fsp3) is 0.231. The van der Waals surface area contributed by atoms with Gasteiger partial charge in [-0.3, -0.25) is 0 Å². The first-order valence-electron chi connectivity index (χ1n) is 5.47. The summed E-state index contributed by atoms with van der Waals surface area (Å²) in [7, 11) is 0. The highest BCUT2D eigenvalue weighted by molar-refractivity contribution is 5.40. The first kappa shape index (κ1) is 11.5. The Morgan fingerprint density at radius 2 is 1.94 bits per heavy atom. The van der Waals surface area contributed by atoms with Crippen LogP contribution in [0.1, 0.15) is 16.8 Å². The molecular formula is C13H15N3O. The van der Waals surface area contributed by atoms with E-state index in [0.717, 1.165) is 17.0 Å². The van der Waals surface area contributed by atoms with Crippen molar-refractivity contribution in [3.63, 3.8) is 0 Å². The van der Waals surface area contributed by atoms with E-state index in [1.165, 1.54) is 5.56 Å². The Morgan fingerprint density at radius 1 is 1.12 bits per heavy atom. The molecule has 0 bridgehead atoms. The van der Waals surface area contributed by atoms with E-state index in [9.17, 15) is 0 Å². The van der Waals surface area contributed by atoms with Gasteiger partial charge in [0.2, 0.25) is 5.88 Å². The summed E-state index contributed by atoms with van der Waals surface area (Å²) in [5, 5.41) is 7.91. The molecule has 0 aliphatic carbocycles. The molecular weight excluding hydrogens is 214 g/mol. The van der Waals surface area contributed by atoms with Crippen molar-refractivity contribution < 1.29 is 4.74 Å². The molecule has 0 spiro atoms. The van der Waals surface area contributed by atoms with E-state index in [4.69, 9.17) is 10.5 Å². The number of hydrogen-bond donors (Lipinski definition) is 1. The van der Waals surface area contributed by atoms with E-state index in [0.29, 0.717) is 12.4 Å². The predicted molar refractivity (Wildman–Crippen MR) is 65.9 cm³/mol. The molecule has 1 aromatic heterocycles. The second-order valence-electron chi connectivity index (χ2n) is 3.87. The van der Waals surface area contributed by atoms with E-state index in [1.54, 1.807) is 6.07 Å². The Kier molecular flexibility index (Phi) is 3.35. The summed E-state index contributed by atoms with van der Waals surface area (Å²) in [6.45, 7) is 4.45. The number of ether oxygens (including phenoxy) is 1. The predicted octanol–water partition coefficient (Wildman–Crippen LogP) is 2.34. The largest absolute Gasteiger partial charge is 0.437 e. The number of nitrogens with zero attached hydrogens (tertiary/aromatic N) is 2. The van der Waals surface area contributed by atoms with Crippen molar-refractivity contribution in [3.05, 3.63) is 47.2 Å². The van der Waals surface area contributed by atoms with Crippen LogP contribution in [0.4, 0.5) is 0 Å². The molecule has 0 amide bonds. The van der Waals surface area contributed by atoms with Gasteiger partial charge in [-0.1, -0.05) is 12.1 Å². The lowest BCUT2D eigenvalue weighted by Gasteiger charge is -2.09. The molecule has 0 fully saturated rings. The first-order valence-corrected chi connectivity index (χ1v) is 5.47. The van der Waals surface area contributed by atoms with Gasteiger partial charge < -0.3 is 10.5 Å². The molecule has 0 aliphatic heterocycles. The molecule has 0 saturated carbocycles. The highest BCUT2D eigenvalue weighted by Crippen LogP contribution is 2.25. The minimum absolute atomic E-state index is 0.386. The Balaban J connectivity index is 2.22. The van der Waals surface area contributed by atoms with Crippen LogP contribution >= 0.6 is 0 Å². The van der Waals surface area contributed by atoms with Crippen molar-refractivity contribution in [3.8, 4) is 11.6 Å². The quantitative estimate of drug-likeness (QED) is 0.877. The minimum Gasteiger partial charge on any atom is -0.437 e. The topological polar surface area (TPSA) is 61.0 Å². The number of nitrogens with two attached hydrogens (primary N) is 1. The van der Waals surface area contributed by atoms with Gasteiger partial charge in [-0.2, -0.15) is 5.10 Å². The molecule has 2 N–H and O–H groups in total. The highest BCUT2D eigenvalue weighted by Gasteiger charge is 2.04. The number of hydrogen-bond acceptors (Lipinski definition) is 4. The van der Waals surface area contributed by atoms with E-state index >= 15 is 0 Å². The van der Waals surface area contributed by atoms with Gasteiger partial charge in [-0.05, 0) is 37.1 Å². The molecule has 1 aromatic carbocycles. The summed E-state index contributed by atoms with van der Waals surface area (Å²) in [5.41, 5.74) is 8.50. The number of aryl methyl sites for hydroxylation is 1. The molecule has 17 heavy (non-hydrogen) atoms. The van der Waals surface area contributed by atoms with Crippen LogP contribution < -0.4 is 10.5 Å². The lowest BCUT2D eigenvalue weighted by Crippen LogP contribution is -2.01. The van der Waals surface area contributed by atoms with Gasteiger partial charge in [0.05, 0.1) is 5.69 Å². The van der Waals surface area contributed by atoms with Crippen molar-refractivity contribution >= 4 is 0 Å². The van der Waals surface area contributed by atoms with Crippen LogP contribution in [0.2, 0.25) is 0 Å². The SMILES string of the molecule is Cc1cccc(Oc2ccc(CN)nn2)c1C. The summed E-state index contributed by atoms with van der Waals surface area (Å²) in [4.78, 5) is 0. The highest BCUT2D eigenvalue weighted by atomic mass is 16.5. The number of benzene rings is 1. The fourth-order valence-corrected chi connectivity index (χ4v) is 1.46. The smallest absolute Gasteiger partial charge is 0.238 e. The van der Waals surface area contributed by atoms with Crippen LogP contribution in [0.15, 0.2) is 30.3 Å². The van der Waals surface area contributed by atoms with Gasteiger partial charge in [0.25, 0.3) is 0 Å². The first-order chi connectivity index (χ1) is 8.20. The molecule has 2 aromatic rings. The second kappa shape index (κ2) is 4.93. The zero-order chi connectivity index (χ0) is 12.3. The molecule has 88 valence electrons. The maximum absolute atomic E-state index is 5.68. The van der Waals surface area contributed by atoms with Crippen molar-refractivity contribution in [2.75, 3.05) is 0 Å². The van der Waals surface area contributed by atoms with Gasteiger partial charge >= 0.3 is 0 Å². The average Bonchev–Trinajstić information content (AvgIpc) is 2.36. The molecule has 0 atom stereocenters. The third kappa shape index (κ3) is 2.60. The third-order valence-corrected chi connectivity index (χ3v) is 2.67. The molecule has 2 rings (SSSR count). The summed E-state index contributed by atoms with van der Waals surface area (Å²) >= 11 is 0. The Bertz CT molecular complexity index is 509. The summed E-state index contributed by atoms with van der Waals surface area (Å²) in [5.74, 6) is 1.29. The standard InChI is InChI=1S/C13H15N3O/c1-9-4-3-5-12(10(9)2)17-13-7-6-11(8-14)15-16-13/h3-7H,8,14H2,1-2H3. The monoisotopic (exact) mass is 229 g/mol. The lowest BCUT2D eigenvalue weighted by molar-refractivity contribution is 0.450. The van der Waals surface area contributed by atoms with Crippen molar-refractivity contribution in [2.45, 2.75) is 20.4 Å². The lowest BCUT2D eigenvalue weighted by atomic mass is 10.1. The molecule has 0 saturated heterocycles. The molecule has 0 radical (unpaired) electrons. The van der Waals surface area contributed by atoms with Crippen LogP contribution in [0.5, 0.6) is 11.6 Å². The molecule has 1 heterocycles. The van der Waals surface area contributed by atoms with Crippen LogP contribution in [0, 0.1) is 13.8 Å². The van der Waals surface area contributed by atoms with Crippen LogP contribution in [-0.2, 0) is 6.54 Å². The Morgan fingerprint density at radius 3 is 2.59 bits per heavy atom. The average molecular weight is 229 g/mol. The molecule has 4 nitrogen and oxygen atoms in total. The van der Waals surface area contributed by atoms with E-state index < -0.39 is 0 Å². The van der Waals surface area contributed by atoms with Gasteiger partial charge in [-0.15, -0.1) is 5.10 Å². The Hall–Kier alpha value is -1.94. The van der Waals surface area contributed by atoms with Crippen LogP contribution in [0.25, 0.3) is 0 Å². The summed E-state index contributed by atoms with van der Waals surface area (Å²) in [6.07, 6.45) is 0. The van der Waals surface area contributed by atoms with Gasteiger partial charge in [-0.25, -0.2) is 0 Å². The van der Waals surface area contributed by atoms with E-state index in [1.807, 2.05) is 38.1 Å². The maximum Gasteiger partial charge on any atom is 0.238 e. The fourth-order valence-electron chi connectivity index (χ4n) is 1.46. The summed E-state index contributed by atoms with van der Waals surface area (Å²) in [6, 6.07) is 9.51. The second-order valence-corrected chi connectivity index (χ2v) is 3.87. The van der Waals surface area contributed by atoms with Crippen LogP contribution in [-0.4, -0.2) is 10.2 Å². The third-order valence-electron chi connectivity index (χ3n) is 2.67. The van der Waals surface area contributed by atoms with E-state index in [2.05, 4.69) is 10.2 Å². The summed E-state index contributed by atoms with van der Waals surface area (Å²) < 4.78 is 5.68. The zero-order valence-electron chi connectivity index (χ0n) is 9.97. The Labute approximate surface area is 100 Å². The van der Waals surface area contributed by atoms with Gasteiger partial charge in [0, 0.05) is 12.6 Å². The van der Waals surface area contributed by atoms with E-state index in [-0.39, 0.29) is 0 Å².